The molecular formula is CH4BBrFNO2. The highest BCUT2D eigenvalue weighted by Crippen LogP contribution is 1.93. The van der Waals surface area contributed by atoms with Crippen molar-refractivity contribution in [1.82, 2.24) is 6.15 Å². The van der Waals surface area contributed by atoms with Gasteiger partial charge in [0.25, 0.3) is 0 Å². The van der Waals surface area contributed by atoms with Crippen molar-refractivity contribution in [2.24, 2.45) is 0 Å². The van der Waals surface area contributed by atoms with E-state index in [2.05, 4.69) is 15.8 Å². The van der Waals surface area contributed by atoms with Crippen molar-refractivity contribution in [3.8, 4) is 0 Å². The summed E-state index contributed by atoms with van der Waals surface area (Å²) in [5, 5.41) is 7.57. The van der Waals surface area contributed by atoms with Crippen molar-refractivity contribution in [2.45, 2.75) is 0 Å². The Kier molecular flexibility index (Phi) is 5.82. The number of carboxylic acid groups (broad SMARTS) is 1. The Bertz CT molecular complexity index is 68.7. The highest BCUT2D eigenvalue weighted by molar-refractivity contribution is 9.25. The lowest BCUT2D eigenvalue weighted by Crippen LogP contribution is -2.08. The molecular weight excluding hydrogens is 168 g/mol. The average molecular weight is 172 g/mol. The molecule has 0 fully saturated rings. The van der Waals surface area contributed by atoms with Crippen molar-refractivity contribution in [3.05, 3.63) is 0 Å². The molecule has 4 N–H and O–H groups in total. The quantitative estimate of drug-likeness (QED) is 0.584. The molecule has 0 aliphatic rings. The summed E-state index contributed by atoms with van der Waals surface area (Å²) >= 11 is 2.17. The number of rotatable bonds is 1. The first-order valence-electron chi connectivity index (χ1n) is 1.15. The standard InChI is InChI=1S/CHBBrFO2.H3N/c3-2(4)1(5)6;/h(H,5,6);1H3. The normalized spacial score (nSPS) is 6.57. The molecule has 0 aromatic rings. The highest BCUT2D eigenvalue weighted by atomic mass is 79.9. The summed E-state index contributed by atoms with van der Waals surface area (Å²) in [6.45, 7) is 0. The number of carbonyl (C=O) groups is 1. The summed E-state index contributed by atoms with van der Waals surface area (Å²) in [7, 11) is 0. The molecule has 0 aliphatic heterocycles. The summed E-state index contributed by atoms with van der Waals surface area (Å²) in [5.74, 6) is -3.41. The smallest absolute Gasteiger partial charge is 0.486 e. The van der Waals surface area contributed by atoms with Gasteiger partial charge < -0.3 is 15.6 Å². The van der Waals surface area contributed by atoms with Crippen LogP contribution in [0.4, 0.5) is 9.11 Å². The minimum atomic E-state index is -1.92. The van der Waals surface area contributed by atoms with Gasteiger partial charge in [0.1, 0.15) is 0 Å². The summed E-state index contributed by atoms with van der Waals surface area (Å²) in [4.78, 5) is 9.28. The molecule has 3 nitrogen and oxygen atoms in total. The molecule has 0 aromatic carbocycles. The van der Waals surface area contributed by atoms with E-state index < -0.39 is 11.7 Å². The molecule has 0 atom stereocenters. The lowest BCUT2D eigenvalue weighted by molar-refractivity contribution is 0.218. The van der Waals surface area contributed by atoms with Crippen LogP contribution in [0.2, 0.25) is 0 Å². The average Bonchev–Trinajstić information content (AvgIpc) is 1.36. The van der Waals surface area contributed by atoms with Crippen molar-refractivity contribution in [3.63, 3.8) is 0 Å². The Morgan fingerprint density at radius 3 is 2.00 bits per heavy atom. The van der Waals surface area contributed by atoms with Gasteiger partial charge in [-0.25, -0.2) is 0 Å². The van der Waals surface area contributed by atoms with E-state index in [0.717, 1.165) is 0 Å². The van der Waals surface area contributed by atoms with E-state index in [1.165, 1.54) is 0 Å². The van der Waals surface area contributed by atoms with E-state index in [9.17, 15) is 9.11 Å². The molecule has 6 heteroatoms. The molecule has 0 amide bonds. The number of hydrogen-bond donors (Lipinski definition) is 2. The van der Waals surface area contributed by atoms with Gasteiger partial charge in [-0.15, -0.1) is 0 Å². The maximum Gasteiger partial charge on any atom is 0.542 e. The molecule has 0 unspecified atom stereocenters. The van der Waals surface area contributed by atoms with Gasteiger partial charge in [-0.3, -0.25) is 4.79 Å². The fraction of sp³-hybridized carbons (Fsp3) is 0. The van der Waals surface area contributed by atoms with Gasteiger partial charge >= 0.3 is 11.7 Å². The lowest BCUT2D eigenvalue weighted by Gasteiger charge is -1.77. The molecule has 0 saturated heterocycles. The van der Waals surface area contributed by atoms with Gasteiger partial charge in [-0.1, -0.05) is 15.8 Å². The zero-order valence-electron chi connectivity index (χ0n) is 3.40. The molecule has 42 valence electrons. The van der Waals surface area contributed by atoms with E-state index in [-0.39, 0.29) is 6.15 Å². The van der Waals surface area contributed by atoms with Crippen LogP contribution in [0.3, 0.4) is 0 Å². The maximum absolute atomic E-state index is 11.1. The van der Waals surface area contributed by atoms with Crippen LogP contribution >= 0.6 is 15.8 Å². The zero-order valence-corrected chi connectivity index (χ0v) is 4.98. The van der Waals surface area contributed by atoms with E-state index >= 15 is 0 Å². The second kappa shape index (κ2) is 4.07. The SMILES string of the molecule is N.O=C(O)B(F)Br. The maximum atomic E-state index is 11.1. The Morgan fingerprint density at radius 1 is 1.86 bits per heavy atom. The largest absolute Gasteiger partial charge is 0.542 e. The predicted octanol–water partition coefficient (Wildman–Crippen LogP) is 1.26. The van der Waals surface area contributed by atoms with Crippen LogP contribution in [0.5, 0.6) is 0 Å². The minimum absolute atomic E-state index is 0. The summed E-state index contributed by atoms with van der Waals surface area (Å²) in [6.07, 6.45) is 0. The van der Waals surface area contributed by atoms with Crippen LogP contribution < -0.4 is 6.15 Å². The van der Waals surface area contributed by atoms with Crippen LogP contribution in [0.15, 0.2) is 0 Å². The third kappa shape index (κ3) is 5.90. The monoisotopic (exact) mass is 171 g/mol. The van der Waals surface area contributed by atoms with Crippen LogP contribution in [0.25, 0.3) is 0 Å². The van der Waals surface area contributed by atoms with Gasteiger partial charge in [0.05, 0.1) is 0 Å². The Morgan fingerprint density at radius 2 is 2.00 bits per heavy atom. The second-order valence-corrected chi connectivity index (χ2v) is 1.44. The first-order chi connectivity index (χ1) is 2.64. The fourth-order valence-corrected chi connectivity index (χ4v) is 0. The van der Waals surface area contributed by atoms with Crippen LogP contribution in [0, 0.1) is 0 Å². The number of halogens is 2. The first-order valence-corrected chi connectivity index (χ1v) is 2.07. The Labute approximate surface area is 48.6 Å². The third-order valence-corrected chi connectivity index (χ3v) is 0.578. The van der Waals surface area contributed by atoms with Gasteiger partial charge in [-0.2, -0.15) is 0 Å². The minimum Gasteiger partial charge on any atom is -0.486 e. The van der Waals surface area contributed by atoms with Gasteiger partial charge in [-0.05, 0) is 0 Å². The number of hydrogen-bond acceptors (Lipinski definition) is 2. The summed E-state index contributed by atoms with van der Waals surface area (Å²) in [6, 6.07) is 0. The van der Waals surface area contributed by atoms with Gasteiger partial charge in [0, 0.05) is 0 Å². The van der Waals surface area contributed by atoms with Gasteiger partial charge in [0.2, 0.25) is 0 Å². The van der Waals surface area contributed by atoms with Crippen LogP contribution in [-0.4, -0.2) is 16.8 Å². The Balaban J connectivity index is 0. The summed E-state index contributed by atoms with van der Waals surface area (Å²) < 4.78 is 11.1. The molecule has 0 aromatic heterocycles. The third-order valence-electron chi connectivity index (χ3n) is 0.187. The molecule has 0 radical (unpaired) electrons. The summed E-state index contributed by atoms with van der Waals surface area (Å²) in [5.41, 5.74) is 0. The van der Waals surface area contributed by atoms with Crippen molar-refractivity contribution in [2.75, 3.05) is 0 Å². The second-order valence-electron chi connectivity index (χ2n) is 0.639. The van der Waals surface area contributed by atoms with Crippen molar-refractivity contribution in [1.29, 1.82) is 0 Å². The van der Waals surface area contributed by atoms with Crippen LogP contribution in [-0.2, 0) is 0 Å². The van der Waals surface area contributed by atoms with Gasteiger partial charge in [0.15, 0.2) is 0 Å². The highest BCUT2D eigenvalue weighted by Gasteiger charge is 2.17. The van der Waals surface area contributed by atoms with E-state index in [4.69, 9.17) is 5.11 Å². The first kappa shape index (κ1) is 10.0. The Hall–Kier alpha value is -0.0951. The van der Waals surface area contributed by atoms with Crippen LogP contribution in [0.1, 0.15) is 0 Å². The van der Waals surface area contributed by atoms with Crippen molar-refractivity contribution < 1.29 is 14.2 Å². The molecule has 0 saturated carbocycles. The predicted molar refractivity (Wildman–Crippen MR) is 28.8 cm³/mol. The molecule has 0 rings (SSSR count). The van der Waals surface area contributed by atoms with E-state index in [0.29, 0.717) is 0 Å². The topological polar surface area (TPSA) is 72.3 Å². The van der Waals surface area contributed by atoms with E-state index in [1.54, 1.807) is 0 Å². The molecule has 0 spiro atoms. The lowest BCUT2D eigenvalue weighted by atomic mass is 10.1. The molecule has 7 heavy (non-hydrogen) atoms. The van der Waals surface area contributed by atoms with E-state index in [1.807, 2.05) is 0 Å². The molecule has 0 heterocycles. The molecule has 0 bridgehead atoms. The van der Waals surface area contributed by atoms with Crippen molar-refractivity contribution >= 4 is 27.4 Å². The molecule has 0 aliphatic carbocycles. The zero-order chi connectivity index (χ0) is 5.15. The fourth-order valence-electron chi connectivity index (χ4n) is 0.